The molecule has 142 valence electrons. The number of nitro benzene ring substituents is 2. The van der Waals surface area contributed by atoms with Crippen LogP contribution in [0.2, 0.25) is 0 Å². The third-order valence-corrected chi connectivity index (χ3v) is 4.72. The molecule has 28 heavy (non-hydrogen) atoms. The van der Waals surface area contributed by atoms with Gasteiger partial charge in [0.2, 0.25) is 5.75 Å². The molecule has 1 heterocycles. The molecule has 3 rings (SSSR count). The lowest BCUT2D eigenvalue weighted by atomic mass is 10.1. The van der Waals surface area contributed by atoms with Crippen molar-refractivity contribution >= 4 is 40.4 Å². The van der Waals surface area contributed by atoms with Crippen LogP contribution in [0.3, 0.4) is 0 Å². The maximum absolute atomic E-state index is 12.1. The van der Waals surface area contributed by atoms with Crippen molar-refractivity contribution in [1.29, 1.82) is 0 Å². The number of imide groups is 1. The summed E-state index contributed by atoms with van der Waals surface area (Å²) in [5.74, 6) is -0.478. The molecular weight excluding hydrogens is 390 g/mol. The SMILES string of the molecule is CN1C(=O)S/C(=C/c2ccccc2Oc2ccc([N+](=O)[O-])cc2[N+](=O)[O-])C1=O. The van der Waals surface area contributed by atoms with Gasteiger partial charge in [-0.2, -0.15) is 0 Å². The Morgan fingerprint density at radius 2 is 1.75 bits per heavy atom. The summed E-state index contributed by atoms with van der Waals surface area (Å²) in [4.78, 5) is 45.4. The Hall–Kier alpha value is -3.73. The van der Waals surface area contributed by atoms with E-state index in [9.17, 15) is 29.8 Å². The number of thioether (sulfide) groups is 1. The van der Waals surface area contributed by atoms with Gasteiger partial charge < -0.3 is 4.74 Å². The fraction of sp³-hybridized carbons (Fsp3) is 0.0588. The fourth-order valence-corrected chi connectivity index (χ4v) is 3.16. The van der Waals surface area contributed by atoms with E-state index in [1.807, 2.05) is 0 Å². The summed E-state index contributed by atoms with van der Waals surface area (Å²) in [6, 6.07) is 9.44. The lowest BCUT2D eigenvalue weighted by Gasteiger charge is -2.09. The van der Waals surface area contributed by atoms with Crippen LogP contribution in [0, 0.1) is 20.2 Å². The van der Waals surface area contributed by atoms with Crippen molar-refractivity contribution in [1.82, 2.24) is 4.90 Å². The second-order valence-electron chi connectivity index (χ2n) is 5.55. The average molecular weight is 401 g/mol. The molecule has 0 saturated carbocycles. The van der Waals surface area contributed by atoms with Crippen LogP contribution >= 0.6 is 11.8 Å². The predicted molar refractivity (Wildman–Crippen MR) is 100 cm³/mol. The molecule has 1 fully saturated rings. The van der Waals surface area contributed by atoms with Gasteiger partial charge in [-0.05, 0) is 30.0 Å². The number of carbonyl (C=O) groups is 2. The van der Waals surface area contributed by atoms with E-state index in [2.05, 4.69) is 0 Å². The summed E-state index contributed by atoms with van der Waals surface area (Å²) in [6.45, 7) is 0. The number of nitrogens with zero attached hydrogens (tertiary/aromatic N) is 3. The Morgan fingerprint density at radius 1 is 1.04 bits per heavy atom. The Bertz CT molecular complexity index is 1050. The molecule has 0 bridgehead atoms. The van der Waals surface area contributed by atoms with Gasteiger partial charge in [0, 0.05) is 18.7 Å². The predicted octanol–water partition coefficient (Wildman–Crippen LogP) is 3.96. The summed E-state index contributed by atoms with van der Waals surface area (Å²) in [5, 5.41) is 21.7. The molecule has 1 aliphatic rings. The number of amides is 2. The maximum Gasteiger partial charge on any atom is 0.318 e. The van der Waals surface area contributed by atoms with Crippen LogP contribution in [0.1, 0.15) is 5.56 Å². The van der Waals surface area contributed by atoms with E-state index >= 15 is 0 Å². The van der Waals surface area contributed by atoms with Crippen LogP contribution in [0.4, 0.5) is 16.2 Å². The molecule has 2 aromatic rings. The summed E-state index contributed by atoms with van der Waals surface area (Å²) >= 11 is 0.765. The number of hydrogen-bond donors (Lipinski definition) is 0. The van der Waals surface area contributed by atoms with Gasteiger partial charge >= 0.3 is 5.69 Å². The summed E-state index contributed by atoms with van der Waals surface area (Å²) in [6.07, 6.45) is 1.45. The number of carbonyl (C=O) groups excluding carboxylic acids is 2. The van der Waals surface area contributed by atoms with E-state index < -0.39 is 32.4 Å². The third-order valence-electron chi connectivity index (χ3n) is 3.76. The van der Waals surface area contributed by atoms with E-state index in [0.717, 1.165) is 34.9 Å². The Labute approximate surface area is 161 Å². The van der Waals surface area contributed by atoms with Gasteiger partial charge in [0.1, 0.15) is 5.75 Å². The molecule has 1 aliphatic heterocycles. The highest BCUT2D eigenvalue weighted by Gasteiger charge is 2.32. The van der Waals surface area contributed by atoms with Crippen molar-refractivity contribution in [2.75, 3.05) is 7.05 Å². The highest BCUT2D eigenvalue weighted by molar-refractivity contribution is 8.18. The fourth-order valence-electron chi connectivity index (χ4n) is 2.35. The van der Waals surface area contributed by atoms with Gasteiger partial charge in [-0.1, -0.05) is 18.2 Å². The number of nitro groups is 2. The minimum Gasteiger partial charge on any atom is -0.449 e. The molecule has 2 amide bonds. The quantitative estimate of drug-likeness (QED) is 0.417. The van der Waals surface area contributed by atoms with Crippen molar-refractivity contribution < 1.29 is 24.2 Å². The molecule has 0 spiro atoms. The summed E-state index contributed by atoms with van der Waals surface area (Å²) in [5.41, 5.74) is -0.601. The normalized spacial score (nSPS) is 15.2. The molecule has 11 heteroatoms. The monoisotopic (exact) mass is 401 g/mol. The molecule has 0 atom stereocenters. The van der Waals surface area contributed by atoms with Crippen LogP contribution in [-0.2, 0) is 4.79 Å². The van der Waals surface area contributed by atoms with Gasteiger partial charge in [0.15, 0.2) is 0 Å². The van der Waals surface area contributed by atoms with Crippen LogP contribution in [0.25, 0.3) is 6.08 Å². The zero-order valence-electron chi connectivity index (χ0n) is 14.2. The van der Waals surface area contributed by atoms with Crippen molar-refractivity contribution in [3.8, 4) is 11.5 Å². The topological polar surface area (TPSA) is 133 Å². The number of benzene rings is 2. The third kappa shape index (κ3) is 3.69. The second-order valence-corrected chi connectivity index (χ2v) is 6.54. The molecule has 2 aromatic carbocycles. The number of rotatable bonds is 5. The lowest BCUT2D eigenvalue weighted by Crippen LogP contribution is -2.22. The van der Waals surface area contributed by atoms with E-state index in [0.29, 0.717) is 5.56 Å². The van der Waals surface area contributed by atoms with Gasteiger partial charge in [-0.25, -0.2) is 0 Å². The lowest BCUT2D eigenvalue weighted by molar-refractivity contribution is -0.394. The van der Waals surface area contributed by atoms with E-state index in [-0.39, 0.29) is 16.4 Å². The van der Waals surface area contributed by atoms with E-state index in [1.165, 1.54) is 19.2 Å². The molecule has 1 saturated heterocycles. The maximum atomic E-state index is 12.1. The number of hydrogen-bond acceptors (Lipinski definition) is 8. The number of non-ortho nitro benzene ring substituents is 1. The zero-order chi connectivity index (χ0) is 20.4. The van der Waals surface area contributed by atoms with Gasteiger partial charge in [0.05, 0.1) is 20.8 Å². The first-order valence-corrected chi connectivity index (χ1v) is 8.51. The Balaban J connectivity index is 1.99. The number of ether oxygens (including phenoxy) is 1. The number of likely N-dealkylation sites (N-methyl/N-ethyl adjacent to an activating group) is 1. The highest BCUT2D eigenvalue weighted by atomic mass is 32.2. The van der Waals surface area contributed by atoms with Crippen LogP contribution in [0.5, 0.6) is 11.5 Å². The van der Waals surface area contributed by atoms with Crippen molar-refractivity contribution in [2.24, 2.45) is 0 Å². The van der Waals surface area contributed by atoms with Crippen LogP contribution in [-0.4, -0.2) is 32.9 Å². The summed E-state index contributed by atoms with van der Waals surface area (Å²) in [7, 11) is 1.36. The summed E-state index contributed by atoms with van der Waals surface area (Å²) < 4.78 is 5.61. The first kappa shape index (κ1) is 19.0. The number of para-hydroxylation sites is 1. The van der Waals surface area contributed by atoms with Gasteiger partial charge in [0.25, 0.3) is 16.8 Å². The molecule has 0 N–H and O–H groups in total. The van der Waals surface area contributed by atoms with Gasteiger partial charge in [-0.15, -0.1) is 0 Å². The first-order chi connectivity index (χ1) is 13.3. The largest absolute Gasteiger partial charge is 0.449 e. The van der Waals surface area contributed by atoms with Crippen molar-refractivity contribution in [2.45, 2.75) is 0 Å². The molecule has 10 nitrogen and oxygen atoms in total. The molecule has 0 aliphatic carbocycles. The average Bonchev–Trinajstić information content (AvgIpc) is 2.90. The highest BCUT2D eigenvalue weighted by Crippen LogP contribution is 2.37. The van der Waals surface area contributed by atoms with Crippen LogP contribution < -0.4 is 4.74 Å². The van der Waals surface area contributed by atoms with Gasteiger partial charge in [-0.3, -0.25) is 34.7 Å². The molecule has 0 radical (unpaired) electrons. The van der Waals surface area contributed by atoms with E-state index in [1.54, 1.807) is 18.2 Å². The molecule has 0 aromatic heterocycles. The van der Waals surface area contributed by atoms with Crippen molar-refractivity contribution in [3.05, 3.63) is 73.2 Å². The Morgan fingerprint density at radius 3 is 2.36 bits per heavy atom. The smallest absolute Gasteiger partial charge is 0.318 e. The minimum absolute atomic E-state index is 0.182. The van der Waals surface area contributed by atoms with E-state index in [4.69, 9.17) is 4.74 Å². The molecule has 0 unspecified atom stereocenters. The van der Waals surface area contributed by atoms with Crippen LogP contribution in [0.15, 0.2) is 47.4 Å². The molecular formula is C17H11N3O7S. The zero-order valence-corrected chi connectivity index (χ0v) is 15.0. The minimum atomic E-state index is -0.784. The Kier molecular flexibility index (Phi) is 5.09. The first-order valence-electron chi connectivity index (χ1n) is 7.69. The second kappa shape index (κ2) is 7.48. The van der Waals surface area contributed by atoms with Crippen molar-refractivity contribution in [3.63, 3.8) is 0 Å². The standard InChI is InChI=1S/C17H11N3O7S/c1-18-16(21)15(28-17(18)22)8-10-4-2-3-5-13(10)27-14-7-6-11(19(23)24)9-12(14)20(25)26/h2-9H,1H3/b15-8+.